The second-order valence-electron chi connectivity index (χ2n) is 6.17. The lowest BCUT2D eigenvalue weighted by Crippen LogP contribution is -2.12. The second kappa shape index (κ2) is 8.53. The average Bonchev–Trinajstić information content (AvgIpc) is 2.63. The number of carbonyl (C=O) groups excluding carboxylic acids is 1. The Morgan fingerprint density at radius 1 is 1.11 bits per heavy atom. The van der Waals surface area contributed by atoms with Gasteiger partial charge in [-0.1, -0.05) is 34.1 Å². The quantitative estimate of drug-likeness (QED) is 0.587. The van der Waals surface area contributed by atoms with Crippen LogP contribution in [0.15, 0.2) is 71.3 Å². The fourth-order valence-electron chi connectivity index (χ4n) is 2.42. The molecule has 3 rings (SSSR count). The number of rotatable bonds is 6. The van der Waals surface area contributed by atoms with Crippen molar-refractivity contribution in [3.8, 4) is 11.6 Å². The molecule has 0 aliphatic rings. The Morgan fingerprint density at radius 2 is 1.86 bits per heavy atom. The van der Waals surface area contributed by atoms with Gasteiger partial charge in [0.1, 0.15) is 5.75 Å². The minimum Gasteiger partial charge on any atom is -0.439 e. The van der Waals surface area contributed by atoms with Crippen molar-refractivity contribution in [2.75, 3.05) is 11.6 Å². The Hall–Kier alpha value is -2.71. The molecule has 0 atom stereocenters. The first-order valence-corrected chi connectivity index (χ1v) is 11.1. The molecule has 1 aromatic heterocycles. The molecule has 1 heterocycles. The SMILES string of the molecule is CS(=O)(=O)Cc1ccc(C(=O)Nc2ccc(Oc3cccc(Br)c3)nc2)cc1. The topological polar surface area (TPSA) is 85.4 Å². The van der Waals surface area contributed by atoms with E-state index in [0.717, 1.165) is 4.47 Å². The van der Waals surface area contributed by atoms with Gasteiger partial charge in [-0.15, -0.1) is 0 Å². The van der Waals surface area contributed by atoms with Gasteiger partial charge < -0.3 is 10.1 Å². The predicted molar refractivity (Wildman–Crippen MR) is 111 cm³/mol. The molecule has 28 heavy (non-hydrogen) atoms. The van der Waals surface area contributed by atoms with E-state index in [4.69, 9.17) is 4.74 Å². The summed E-state index contributed by atoms with van der Waals surface area (Å²) >= 11 is 3.38. The summed E-state index contributed by atoms with van der Waals surface area (Å²) in [6.07, 6.45) is 2.67. The van der Waals surface area contributed by atoms with Gasteiger partial charge in [-0.3, -0.25) is 4.79 Å². The van der Waals surface area contributed by atoms with Crippen LogP contribution in [0.2, 0.25) is 0 Å². The molecule has 3 aromatic rings. The number of amides is 1. The highest BCUT2D eigenvalue weighted by molar-refractivity contribution is 9.10. The van der Waals surface area contributed by atoms with Crippen LogP contribution in [-0.2, 0) is 15.6 Å². The smallest absolute Gasteiger partial charge is 0.255 e. The molecule has 0 spiro atoms. The molecule has 2 aromatic carbocycles. The number of nitrogens with zero attached hydrogens (tertiary/aromatic N) is 1. The molecule has 0 aliphatic heterocycles. The molecular weight excluding hydrogens is 444 g/mol. The van der Waals surface area contributed by atoms with Gasteiger partial charge >= 0.3 is 0 Å². The number of benzene rings is 2. The van der Waals surface area contributed by atoms with Crippen molar-refractivity contribution in [3.63, 3.8) is 0 Å². The average molecular weight is 461 g/mol. The Morgan fingerprint density at radius 3 is 2.46 bits per heavy atom. The van der Waals surface area contributed by atoms with E-state index >= 15 is 0 Å². The lowest BCUT2D eigenvalue weighted by atomic mass is 10.1. The standard InChI is InChI=1S/C20H17BrN2O4S/c1-28(25,26)13-14-5-7-15(8-6-14)20(24)23-17-9-10-19(22-12-17)27-18-4-2-3-16(21)11-18/h2-12H,13H2,1H3,(H,23,24). The normalized spacial score (nSPS) is 11.1. The van der Waals surface area contributed by atoms with Crippen LogP contribution in [0.25, 0.3) is 0 Å². The summed E-state index contributed by atoms with van der Waals surface area (Å²) in [5, 5.41) is 2.74. The molecular formula is C20H17BrN2O4S. The fraction of sp³-hybridized carbons (Fsp3) is 0.100. The van der Waals surface area contributed by atoms with Crippen LogP contribution in [0.1, 0.15) is 15.9 Å². The van der Waals surface area contributed by atoms with E-state index in [1.807, 2.05) is 24.3 Å². The first-order chi connectivity index (χ1) is 13.3. The summed E-state index contributed by atoms with van der Waals surface area (Å²) in [4.78, 5) is 16.5. The first kappa shape index (κ1) is 20.0. The summed E-state index contributed by atoms with van der Waals surface area (Å²) in [5.74, 6) is 0.681. The van der Waals surface area contributed by atoms with Crippen LogP contribution in [-0.4, -0.2) is 25.6 Å². The molecule has 0 unspecified atom stereocenters. The van der Waals surface area contributed by atoms with Gasteiger partial charge in [0.25, 0.3) is 5.91 Å². The maximum atomic E-state index is 12.3. The lowest BCUT2D eigenvalue weighted by molar-refractivity contribution is 0.102. The van der Waals surface area contributed by atoms with Gasteiger partial charge in [-0.2, -0.15) is 0 Å². The molecule has 8 heteroatoms. The van der Waals surface area contributed by atoms with Crippen molar-refractivity contribution < 1.29 is 17.9 Å². The van der Waals surface area contributed by atoms with E-state index in [1.54, 1.807) is 36.4 Å². The van der Waals surface area contributed by atoms with E-state index in [2.05, 4.69) is 26.2 Å². The zero-order valence-electron chi connectivity index (χ0n) is 14.9. The summed E-state index contributed by atoms with van der Waals surface area (Å²) in [6, 6.07) is 17.2. The zero-order chi connectivity index (χ0) is 20.1. The van der Waals surface area contributed by atoms with Crippen molar-refractivity contribution in [2.45, 2.75) is 5.75 Å². The number of aromatic nitrogens is 1. The number of carbonyl (C=O) groups is 1. The van der Waals surface area contributed by atoms with Crippen molar-refractivity contribution in [3.05, 3.63) is 82.5 Å². The third-order valence-electron chi connectivity index (χ3n) is 3.66. The highest BCUT2D eigenvalue weighted by atomic mass is 79.9. The van der Waals surface area contributed by atoms with Crippen molar-refractivity contribution in [1.29, 1.82) is 0 Å². The molecule has 144 valence electrons. The number of hydrogen-bond acceptors (Lipinski definition) is 5. The van der Waals surface area contributed by atoms with Gasteiger partial charge in [-0.05, 0) is 42.0 Å². The van der Waals surface area contributed by atoms with Gasteiger partial charge in [-0.25, -0.2) is 13.4 Å². The van der Waals surface area contributed by atoms with Crippen molar-refractivity contribution >= 4 is 37.4 Å². The van der Waals surface area contributed by atoms with Crippen LogP contribution in [0.4, 0.5) is 5.69 Å². The second-order valence-corrected chi connectivity index (χ2v) is 9.22. The van der Waals surface area contributed by atoms with Gasteiger partial charge in [0, 0.05) is 22.4 Å². The molecule has 1 amide bonds. The maximum absolute atomic E-state index is 12.3. The Labute approximate surface area is 171 Å². The van der Waals surface area contributed by atoms with Crippen LogP contribution < -0.4 is 10.1 Å². The molecule has 6 nitrogen and oxygen atoms in total. The molecule has 1 N–H and O–H groups in total. The van der Waals surface area contributed by atoms with Crippen LogP contribution >= 0.6 is 15.9 Å². The minimum atomic E-state index is -3.11. The number of nitrogens with one attached hydrogen (secondary N) is 1. The third-order valence-corrected chi connectivity index (χ3v) is 5.01. The van der Waals surface area contributed by atoms with Crippen molar-refractivity contribution in [2.24, 2.45) is 0 Å². The molecule has 0 bridgehead atoms. The molecule has 0 saturated heterocycles. The fourth-order valence-corrected chi connectivity index (χ4v) is 3.60. The van der Waals surface area contributed by atoms with Crippen LogP contribution in [0, 0.1) is 0 Å². The van der Waals surface area contributed by atoms with Gasteiger partial charge in [0.2, 0.25) is 5.88 Å². The van der Waals surface area contributed by atoms with Crippen LogP contribution in [0.5, 0.6) is 11.6 Å². The summed E-state index contributed by atoms with van der Waals surface area (Å²) in [5.41, 5.74) is 1.58. The number of anilines is 1. The minimum absolute atomic E-state index is 0.0573. The maximum Gasteiger partial charge on any atom is 0.255 e. The van der Waals surface area contributed by atoms with E-state index < -0.39 is 9.84 Å². The van der Waals surface area contributed by atoms with E-state index in [0.29, 0.717) is 28.4 Å². The van der Waals surface area contributed by atoms with E-state index in [1.165, 1.54) is 12.5 Å². The number of pyridine rings is 1. The van der Waals surface area contributed by atoms with Gasteiger partial charge in [0.05, 0.1) is 17.6 Å². The predicted octanol–water partition coefficient (Wildman–Crippen LogP) is 4.43. The zero-order valence-corrected chi connectivity index (χ0v) is 17.3. The lowest BCUT2D eigenvalue weighted by Gasteiger charge is -2.08. The Balaban J connectivity index is 1.62. The molecule has 0 saturated carbocycles. The Bertz CT molecular complexity index is 1080. The molecule has 0 radical (unpaired) electrons. The van der Waals surface area contributed by atoms with Gasteiger partial charge in [0.15, 0.2) is 9.84 Å². The van der Waals surface area contributed by atoms with Crippen molar-refractivity contribution in [1.82, 2.24) is 4.98 Å². The summed E-state index contributed by atoms with van der Waals surface area (Å²) in [6.45, 7) is 0. The summed E-state index contributed by atoms with van der Waals surface area (Å²) < 4.78 is 29.2. The number of hydrogen-bond donors (Lipinski definition) is 1. The molecule has 0 fully saturated rings. The third kappa shape index (κ3) is 5.90. The van der Waals surface area contributed by atoms with Crippen LogP contribution in [0.3, 0.4) is 0 Å². The van der Waals surface area contributed by atoms with E-state index in [9.17, 15) is 13.2 Å². The number of sulfone groups is 1. The number of ether oxygens (including phenoxy) is 1. The first-order valence-electron chi connectivity index (χ1n) is 8.26. The highest BCUT2D eigenvalue weighted by Crippen LogP contribution is 2.23. The van der Waals surface area contributed by atoms with E-state index in [-0.39, 0.29) is 11.7 Å². The molecule has 0 aliphatic carbocycles. The number of halogens is 1. The monoisotopic (exact) mass is 460 g/mol. The highest BCUT2D eigenvalue weighted by Gasteiger charge is 2.09. The summed E-state index contributed by atoms with van der Waals surface area (Å²) in [7, 11) is -3.11. The Kier molecular flexibility index (Phi) is 6.11. The largest absolute Gasteiger partial charge is 0.439 e.